The van der Waals surface area contributed by atoms with Crippen molar-refractivity contribution in [2.75, 3.05) is 13.2 Å². The second kappa shape index (κ2) is 9.57. The van der Waals surface area contributed by atoms with Crippen molar-refractivity contribution < 1.29 is 18.7 Å². The van der Waals surface area contributed by atoms with Gasteiger partial charge in [-0.15, -0.1) is 0 Å². The van der Waals surface area contributed by atoms with E-state index in [4.69, 9.17) is 9.05 Å². The fourth-order valence-corrected chi connectivity index (χ4v) is 4.35. The van der Waals surface area contributed by atoms with E-state index in [-0.39, 0.29) is 54.7 Å². The molecule has 0 saturated heterocycles. The molecule has 1 aromatic rings. The van der Waals surface area contributed by atoms with E-state index in [0.717, 1.165) is 16.7 Å². The van der Waals surface area contributed by atoms with E-state index in [0.29, 0.717) is 19.0 Å². The van der Waals surface area contributed by atoms with E-state index >= 15 is 0 Å². The number of aromatic hydroxyl groups is 1. The predicted molar refractivity (Wildman–Crippen MR) is 106 cm³/mol. The fraction of sp³-hybridized carbons (Fsp3) is 0.684. The molecule has 4 nitrogen and oxygen atoms in total. The Labute approximate surface area is 183 Å². The summed E-state index contributed by atoms with van der Waals surface area (Å²) < 4.78 is 23.7. The van der Waals surface area contributed by atoms with Crippen LogP contribution < -0.4 is 0 Å². The molecule has 0 aromatic heterocycles. The maximum atomic E-state index is 12.9. The molecule has 0 saturated carbocycles. The molecule has 0 bridgehead atoms. The van der Waals surface area contributed by atoms with E-state index in [1.165, 1.54) is 0 Å². The van der Waals surface area contributed by atoms with Crippen molar-refractivity contribution in [3.63, 3.8) is 0 Å². The molecule has 140 valence electrons. The summed E-state index contributed by atoms with van der Waals surface area (Å²) in [7, 11) is -3.18. The van der Waals surface area contributed by atoms with Crippen LogP contribution >= 0.6 is 7.60 Å². The summed E-state index contributed by atoms with van der Waals surface area (Å²) in [6.07, 6.45) is 0.209. The second-order valence-corrected chi connectivity index (χ2v) is 10.2. The van der Waals surface area contributed by atoms with Gasteiger partial charge in [0.05, 0.1) is 19.4 Å². The molecule has 2 radical (unpaired) electrons. The van der Waals surface area contributed by atoms with E-state index < -0.39 is 7.60 Å². The van der Waals surface area contributed by atoms with Crippen LogP contribution in [0.5, 0.6) is 5.75 Å². The molecule has 0 unspecified atom stereocenters. The number of hydrogen-bond donors (Lipinski definition) is 1. The number of phenolic OH excluding ortho intramolecular Hbond substituents is 1. The quantitative estimate of drug-likeness (QED) is 0.519. The minimum Gasteiger partial charge on any atom is -0.507 e. The maximum Gasteiger partial charge on any atom is 0.335 e. The van der Waals surface area contributed by atoms with Gasteiger partial charge in [-0.25, -0.2) is 0 Å². The van der Waals surface area contributed by atoms with Crippen LogP contribution in [-0.4, -0.2) is 56.1 Å². The first-order valence-corrected chi connectivity index (χ1v) is 10.3. The summed E-state index contributed by atoms with van der Waals surface area (Å²) >= 11 is 0. The molecule has 0 amide bonds. The second-order valence-electron chi connectivity index (χ2n) is 8.14. The van der Waals surface area contributed by atoms with Crippen LogP contribution in [0.1, 0.15) is 72.1 Å². The van der Waals surface area contributed by atoms with Crippen molar-refractivity contribution in [3.8, 4) is 5.75 Å². The Morgan fingerprint density at radius 1 is 0.920 bits per heavy atom. The molecule has 0 aliphatic heterocycles. The van der Waals surface area contributed by atoms with Crippen LogP contribution in [-0.2, 0) is 30.6 Å². The van der Waals surface area contributed by atoms with Gasteiger partial charge in [-0.1, -0.05) is 53.7 Å². The van der Waals surface area contributed by atoms with Crippen molar-refractivity contribution in [2.45, 2.75) is 72.4 Å². The Morgan fingerprint density at radius 3 is 1.56 bits per heavy atom. The molecule has 0 fully saturated rings. The third-order valence-electron chi connectivity index (χ3n) is 3.81. The van der Waals surface area contributed by atoms with Gasteiger partial charge in [0.25, 0.3) is 0 Å². The molecule has 1 rings (SSSR count). The van der Waals surface area contributed by atoms with Crippen LogP contribution in [0.4, 0.5) is 0 Å². The number of hydrogen-bond acceptors (Lipinski definition) is 4. The number of benzene rings is 1. The molecule has 0 spiro atoms. The van der Waals surface area contributed by atoms with Crippen molar-refractivity contribution in [1.82, 2.24) is 0 Å². The monoisotopic (exact) mass is 396 g/mol. The van der Waals surface area contributed by atoms with Crippen molar-refractivity contribution in [2.24, 2.45) is 0 Å². The van der Waals surface area contributed by atoms with Crippen LogP contribution in [0, 0.1) is 0 Å². The largest absolute Gasteiger partial charge is 0.507 e. The van der Waals surface area contributed by atoms with Crippen molar-refractivity contribution in [1.29, 1.82) is 0 Å². The van der Waals surface area contributed by atoms with Gasteiger partial charge in [-0.05, 0) is 41.4 Å². The smallest absolute Gasteiger partial charge is 0.335 e. The zero-order valence-electron chi connectivity index (χ0n) is 17.1. The van der Waals surface area contributed by atoms with Gasteiger partial charge in [0.2, 0.25) is 0 Å². The normalized spacial score (nSPS) is 12.8. The molecule has 1 aromatic carbocycles. The van der Waals surface area contributed by atoms with Crippen molar-refractivity contribution >= 4 is 45.3 Å². The summed E-state index contributed by atoms with van der Waals surface area (Å²) in [5.74, 6) is 0.321. The molecule has 1 N–H and O–H groups in total. The van der Waals surface area contributed by atoms with Gasteiger partial charge in [-0.2, -0.15) is 0 Å². The zero-order chi connectivity index (χ0) is 18.8. The Kier molecular flexibility index (Phi) is 9.74. The van der Waals surface area contributed by atoms with Gasteiger partial charge < -0.3 is 14.2 Å². The number of phenols is 1. The Morgan fingerprint density at radius 2 is 1.28 bits per heavy atom. The summed E-state index contributed by atoms with van der Waals surface area (Å²) in [6, 6.07) is 3.85. The number of rotatable bonds is 6. The van der Waals surface area contributed by atoms with E-state index in [1.54, 1.807) is 0 Å². The van der Waals surface area contributed by atoms with Gasteiger partial charge in [0.1, 0.15) is 5.75 Å². The molecular formula is C19H33CaO4P. The van der Waals surface area contributed by atoms with Gasteiger partial charge in [0, 0.05) is 37.7 Å². The van der Waals surface area contributed by atoms with Crippen LogP contribution in [0.3, 0.4) is 0 Å². The Balaban J connectivity index is 0.00000576. The van der Waals surface area contributed by atoms with Gasteiger partial charge in [-0.3, -0.25) is 4.57 Å². The first-order valence-electron chi connectivity index (χ1n) is 8.59. The van der Waals surface area contributed by atoms with Crippen LogP contribution in [0.2, 0.25) is 0 Å². The van der Waals surface area contributed by atoms with E-state index in [2.05, 4.69) is 41.5 Å². The Hall–Kier alpha value is 0.430. The standard InChI is InChI=1S/C19H33O4P.Ca/c1-9-22-24(21,23-10-2)13-14-11-15(18(3,4)5)17(20)16(12-14)19(6,7)8;/h11-12,20H,9-10,13H2,1-8H3;. The average Bonchev–Trinajstić information content (AvgIpc) is 2.38. The predicted octanol–water partition coefficient (Wildman–Crippen LogP) is 5.37. The third kappa shape index (κ3) is 7.16. The van der Waals surface area contributed by atoms with E-state index in [9.17, 15) is 9.67 Å². The van der Waals surface area contributed by atoms with E-state index in [1.807, 2.05) is 26.0 Å². The minimum atomic E-state index is -3.18. The SMILES string of the molecule is CCOP(=O)(Cc1cc(C(C)(C)C)c(O)c(C(C)(C)C)c1)OCC.[Ca]. The summed E-state index contributed by atoms with van der Waals surface area (Å²) in [5.41, 5.74) is 2.13. The summed E-state index contributed by atoms with van der Waals surface area (Å²) in [5, 5.41) is 10.8. The Bertz CT molecular complexity index is 570. The first-order chi connectivity index (χ1) is 10.8. The zero-order valence-corrected chi connectivity index (χ0v) is 20.2. The molecular weight excluding hydrogens is 363 g/mol. The molecule has 6 heteroatoms. The summed E-state index contributed by atoms with van der Waals surface area (Å²) in [4.78, 5) is 0. The molecule has 0 heterocycles. The minimum absolute atomic E-state index is 0. The third-order valence-corrected chi connectivity index (χ3v) is 5.87. The van der Waals surface area contributed by atoms with Gasteiger partial charge in [0.15, 0.2) is 0 Å². The van der Waals surface area contributed by atoms with Crippen LogP contribution in [0.25, 0.3) is 0 Å². The van der Waals surface area contributed by atoms with Gasteiger partial charge >= 0.3 is 7.60 Å². The molecule has 0 aliphatic rings. The average molecular weight is 397 g/mol. The first kappa shape index (κ1) is 25.4. The maximum absolute atomic E-state index is 12.9. The topological polar surface area (TPSA) is 55.8 Å². The molecule has 0 aliphatic carbocycles. The molecule has 0 atom stereocenters. The molecule has 25 heavy (non-hydrogen) atoms. The van der Waals surface area contributed by atoms with Crippen LogP contribution in [0.15, 0.2) is 12.1 Å². The fourth-order valence-electron chi connectivity index (χ4n) is 2.67. The van der Waals surface area contributed by atoms with Crippen molar-refractivity contribution in [3.05, 3.63) is 28.8 Å². The summed E-state index contributed by atoms with van der Waals surface area (Å²) in [6.45, 7) is 16.7.